The zero-order valence-corrected chi connectivity index (χ0v) is 23.5. The van der Waals surface area contributed by atoms with E-state index >= 15 is 0 Å². The molecule has 8 heteroatoms. The van der Waals surface area contributed by atoms with Crippen molar-refractivity contribution in [2.75, 3.05) is 5.75 Å². The van der Waals surface area contributed by atoms with Gasteiger partial charge in [-0.05, 0) is 50.1 Å². The zero-order valence-electron chi connectivity index (χ0n) is 21.1. The molecular weight excluding hydrogens is 530 g/mol. The summed E-state index contributed by atoms with van der Waals surface area (Å²) in [4.78, 5) is 28.6. The Balaban J connectivity index is 1.88. The lowest BCUT2D eigenvalue weighted by molar-refractivity contribution is -0.140. The van der Waals surface area contributed by atoms with Crippen LogP contribution in [0.2, 0.25) is 10.0 Å². The fourth-order valence-electron chi connectivity index (χ4n) is 3.79. The van der Waals surface area contributed by atoms with Gasteiger partial charge in [0.25, 0.3) is 0 Å². The van der Waals surface area contributed by atoms with Gasteiger partial charge in [-0.15, -0.1) is 11.8 Å². The van der Waals surface area contributed by atoms with Gasteiger partial charge in [-0.25, -0.2) is 4.39 Å². The Kier molecular flexibility index (Phi) is 10.4. The number of hydrogen-bond acceptors (Lipinski definition) is 3. The second-order valence-corrected chi connectivity index (χ2v) is 11.6. The minimum Gasteiger partial charge on any atom is -0.350 e. The molecule has 3 aromatic carbocycles. The Hall–Kier alpha value is -2.54. The van der Waals surface area contributed by atoms with Crippen molar-refractivity contribution in [3.05, 3.63) is 105 Å². The van der Waals surface area contributed by atoms with Crippen molar-refractivity contribution in [1.82, 2.24) is 10.2 Å². The van der Waals surface area contributed by atoms with E-state index in [4.69, 9.17) is 23.2 Å². The molecule has 0 radical (unpaired) electrons. The maximum Gasteiger partial charge on any atom is 0.243 e. The van der Waals surface area contributed by atoms with E-state index < -0.39 is 17.4 Å². The van der Waals surface area contributed by atoms with Gasteiger partial charge < -0.3 is 10.2 Å². The summed E-state index contributed by atoms with van der Waals surface area (Å²) in [6.45, 7) is 5.65. The quantitative estimate of drug-likeness (QED) is 0.292. The van der Waals surface area contributed by atoms with Crippen LogP contribution >= 0.6 is 35.0 Å². The van der Waals surface area contributed by atoms with Crippen LogP contribution in [0.4, 0.5) is 4.39 Å². The van der Waals surface area contributed by atoms with Crippen LogP contribution in [0.3, 0.4) is 0 Å². The highest BCUT2D eigenvalue weighted by Gasteiger charge is 2.32. The van der Waals surface area contributed by atoms with Gasteiger partial charge in [0.2, 0.25) is 11.8 Å². The SMILES string of the molecule is CC(C)(C)NC(=O)[C@@H](Cc1ccccc1)N(Cc1ccccc1F)C(=O)CSCc1ccc(Cl)c(Cl)c1. The molecule has 0 aliphatic rings. The predicted molar refractivity (Wildman–Crippen MR) is 151 cm³/mol. The molecule has 0 aliphatic carbocycles. The third kappa shape index (κ3) is 9.06. The number of carbonyl (C=O) groups is 2. The summed E-state index contributed by atoms with van der Waals surface area (Å²) >= 11 is 13.5. The lowest BCUT2D eigenvalue weighted by Crippen LogP contribution is -2.54. The molecule has 0 bridgehead atoms. The minimum absolute atomic E-state index is 0.0199. The van der Waals surface area contributed by atoms with Crippen molar-refractivity contribution in [2.24, 2.45) is 0 Å². The van der Waals surface area contributed by atoms with Crippen LogP contribution in [0.15, 0.2) is 72.8 Å². The fourth-order valence-corrected chi connectivity index (χ4v) is 4.96. The third-order valence-corrected chi connectivity index (χ3v) is 7.27. The number of nitrogens with one attached hydrogen (secondary N) is 1. The monoisotopic (exact) mass is 560 g/mol. The fraction of sp³-hybridized carbons (Fsp3) is 0.310. The largest absolute Gasteiger partial charge is 0.350 e. The molecule has 2 amide bonds. The molecule has 0 unspecified atom stereocenters. The summed E-state index contributed by atoms with van der Waals surface area (Å²) in [5, 5.41) is 3.93. The van der Waals surface area contributed by atoms with Crippen LogP contribution in [0.5, 0.6) is 0 Å². The highest BCUT2D eigenvalue weighted by Crippen LogP contribution is 2.25. The molecule has 3 aromatic rings. The van der Waals surface area contributed by atoms with Gasteiger partial charge in [0.15, 0.2) is 0 Å². The maximum absolute atomic E-state index is 14.7. The molecule has 0 aromatic heterocycles. The summed E-state index contributed by atoms with van der Waals surface area (Å²) in [7, 11) is 0. The summed E-state index contributed by atoms with van der Waals surface area (Å²) in [5.41, 5.74) is 1.69. The van der Waals surface area contributed by atoms with Gasteiger partial charge in [-0.3, -0.25) is 9.59 Å². The van der Waals surface area contributed by atoms with Crippen LogP contribution < -0.4 is 5.32 Å². The van der Waals surface area contributed by atoms with E-state index in [9.17, 15) is 14.0 Å². The van der Waals surface area contributed by atoms with Gasteiger partial charge in [0.1, 0.15) is 11.9 Å². The van der Waals surface area contributed by atoms with Crippen LogP contribution in [-0.4, -0.2) is 34.0 Å². The standard InChI is InChI=1S/C29H31Cl2FN2O2S/c1-29(2,3)33-28(36)26(16-20-9-5-4-6-10-20)34(17-22-11-7-8-12-25(22)32)27(35)19-37-18-21-13-14-23(30)24(31)15-21/h4-15,26H,16-19H2,1-3H3,(H,33,36)/t26-/m1/s1. The first-order chi connectivity index (χ1) is 17.5. The summed E-state index contributed by atoms with van der Waals surface area (Å²) in [6, 6.07) is 20.4. The number of hydrogen-bond donors (Lipinski definition) is 1. The number of benzene rings is 3. The zero-order chi connectivity index (χ0) is 27.0. The normalized spacial score (nSPS) is 12.2. The number of thioether (sulfide) groups is 1. The molecular formula is C29H31Cl2FN2O2S. The second kappa shape index (κ2) is 13.3. The lowest BCUT2D eigenvalue weighted by Gasteiger charge is -2.34. The first kappa shape index (κ1) is 29.0. The Labute approximate surface area is 232 Å². The van der Waals surface area contributed by atoms with Crippen molar-refractivity contribution in [2.45, 2.75) is 51.1 Å². The van der Waals surface area contributed by atoms with Crippen molar-refractivity contribution in [3.8, 4) is 0 Å². The number of amides is 2. The molecule has 1 N–H and O–H groups in total. The Bertz CT molecular complexity index is 1220. The highest BCUT2D eigenvalue weighted by molar-refractivity contribution is 7.99. The lowest BCUT2D eigenvalue weighted by atomic mass is 10.0. The van der Waals surface area contributed by atoms with E-state index in [2.05, 4.69) is 5.32 Å². The van der Waals surface area contributed by atoms with E-state index in [0.29, 0.717) is 27.8 Å². The average Bonchev–Trinajstić information content (AvgIpc) is 2.84. The first-order valence-corrected chi connectivity index (χ1v) is 13.8. The number of nitrogens with zero attached hydrogens (tertiary/aromatic N) is 1. The molecule has 3 rings (SSSR count). The van der Waals surface area contributed by atoms with E-state index in [0.717, 1.165) is 11.1 Å². The molecule has 0 fully saturated rings. The molecule has 1 atom stereocenters. The van der Waals surface area contributed by atoms with E-state index in [1.165, 1.54) is 22.7 Å². The molecule has 196 valence electrons. The third-order valence-electron chi connectivity index (χ3n) is 5.55. The van der Waals surface area contributed by atoms with E-state index in [1.807, 2.05) is 57.2 Å². The molecule has 0 saturated carbocycles. The Morgan fingerprint density at radius 3 is 2.27 bits per heavy atom. The second-order valence-electron chi connectivity index (χ2n) is 9.80. The molecule has 37 heavy (non-hydrogen) atoms. The van der Waals surface area contributed by atoms with E-state index in [-0.39, 0.29) is 24.1 Å². The van der Waals surface area contributed by atoms with Crippen LogP contribution in [0.1, 0.15) is 37.5 Å². The topological polar surface area (TPSA) is 49.4 Å². The van der Waals surface area contributed by atoms with Gasteiger partial charge >= 0.3 is 0 Å². The number of carbonyl (C=O) groups excluding carboxylic acids is 2. The molecule has 0 saturated heterocycles. The van der Waals surface area contributed by atoms with Gasteiger partial charge in [-0.1, -0.05) is 77.8 Å². The van der Waals surface area contributed by atoms with Crippen LogP contribution in [-0.2, 0) is 28.3 Å². The highest BCUT2D eigenvalue weighted by atomic mass is 35.5. The minimum atomic E-state index is -0.820. The molecule has 4 nitrogen and oxygen atoms in total. The number of halogens is 3. The summed E-state index contributed by atoms with van der Waals surface area (Å²) < 4.78 is 14.7. The van der Waals surface area contributed by atoms with E-state index in [1.54, 1.807) is 30.3 Å². The van der Waals surface area contributed by atoms with Crippen molar-refractivity contribution in [3.63, 3.8) is 0 Å². The maximum atomic E-state index is 14.7. The Morgan fingerprint density at radius 1 is 0.946 bits per heavy atom. The van der Waals surface area contributed by atoms with Gasteiger partial charge in [0, 0.05) is 29.8 Å². The first-order valence-electron chi connectivity index (χ1n) is 11.9. The Morgan fingerprint density at radius 2 is 1.62 bits per heavy atom. The van der Waals surface area contributed by atoms with Crippen LogP contribution in [0.25, 0.3) is 0 Å². The summed E-state index contributed by atoms with van der Waals surface area (Å²) in [5.74, 6) is -0.302. The van der Waals surface area contributed by atoms with Crippen molar-refractivity contribution < 1.29 is 14.0 Å². The van der Waals surface area contributed by atoms with Gasteiger partial charge in [0.05, 0.1) is 15.8 Å². The van der Waals surface area contributed by atoms with Crippen molar-refractivity contribution >= 4 is 46.8 Å². The predicted octanol–water partition coefficient (Wildman–Crippen LogP) is 6.92. The number of rotatable bonds is 10. The van der Waals surface area contributed by atoms with Gasteiger partial charge in [-0.2, -0.15) is 0 Å². The summed E-state index contributed by atoms with van der Waals surface area (Å²) in [6.07, 6.45) is 0.306. The molecule has 0 aliphatic heterocycles. The molecule has 0 spiro atoms. The van der Waals surface area contributed by atoms with Crippen molar-refractivity contribution in [1.29, 1.82) is 0 Å². The average molecular weight is 562 g/mol. The smallest absolute Gasteiger partial charge is 0.243 e. The van der Waals surface area contributed by atoms with Crippen LogP contribution in [0, 0.1) is 5.82 Å². The molecule has 0 heterocycles.